The van der Waals surface area contributed by atoms with Crippen molar-refractivity contribution in [2.45, 2.75) is 0 Å². The summed E-state index contributed by atoms with van der Waals surface area (Å²) in [6, 6.07) is 4.84. The fourth-order valence-electron chi connectivity index (χ4n) is 1.56. The molecular weight excluding hydrogens is 248 g/mol. The average Bonchev–Trinajstić information content (AvgIpc) is 2.37. The van der Waals surface area contributed by atoms with Gasteiger partial charge in [-0.2, -0.15) is 0 Å². The molecule has 2 aromatic rings. The molecule has 0 saturated heterocycles. The van der Waals surface area contributed by atoms with Crippen molar-refractivity contribution >= 4 is 6.29 Å². The molecule has 0 aromatic heterocycles. The summed E-state index contributed by atoms with van der Waals surface area (Å²) in [6.45, 7) is 0. The Kier molecular flexibility index (Phi) is 3.14. The minimum Gasteiger partial charge on any atom is -0.298 e. The van der Waals surface area contributed by atoms with Gasteiger partial charge in [0.05, 0.1) is 0 Å². The van der Waals surface area contributed by atoms with E-state index >= 15 is 0 Å². The molecule has 0 unspecified atom stereocenters. The number of aldehydes is 1. The van der Waals surface area contributed by atoms with Crippen LogP contribution in [0.5, 0.6) is 0 Å². The summed E-state index contributed by atoms with van der Waals surface area (Å²) in [5.74, 6) is -5.35. The molecule has 2 rings (SSSR count). The van der Waals surface area contributed by atoms with Crippen LogP contribution in [0.2, 0.25) is 0 Å². The Morgan fingerprint density at radius 1 is 0.778 bits per heavy atom. The first-order valence-corrected chi connectivity index (χ1v) is 4.93. The number of rotatable bonds is 2. The molecule has 18 heavy (non-hydrogen) atoms. The van der Waals surface area contributed by atoms with Gasteiger partial charge in [-0.1, -0.05) is 0 Å². The number of carbonyl (C=O) groups excluding carboxylic acids is 1. The lowest BCUT2D eigenvalue weighted by Crippen LogP contribution is -1.96. The third kappa shape index (κ3) is 1.99. The maximum absolute atomic E-state index is 13.5. The van der Waals surface area contributed by atoms with Crippen LogP contribution < -0.4 is 0 Å². The molecule has 1 nitrogen and oxygen atoms in total. The summed E-state index contributed by atoms with van der Waals surface area (Å²) >= 11 is 0. The topological polar surface area (TPSA) is 17.1 Å². The molecule has 0 aliphatic carbocycles. The van der Waals surface area contributed by atoms with Gasteiger partial charge >= 0.3 is 0 Å². The number of halogens is 4. The Hall–Kier alpha value is -2.17. The predicted octanol–water partition coefficient (Wildman–Crippen LogP) is 3.72. The fraction of sp³-hybridized carbons (Fsp3) is 0. The molecule has 5 heteroatoms. The first-order valence-electron chi connectivity index (χ1n) is 4.93. The second kappa shape index (κ2) is 4.60. The summed E-state index contributed by atoms with van der Waals surface area (Å²) in [5.41, 5.74) is -0.623. The van der Waals surface area contributed by atoms with Crippen molar-refractivity contribution in [2.75, 3.05) is 0 Å². The monoisotopic (exact) mass is 254 g/mol. The number of benzene rings is 2. The average molecular weight is 254 g/mol. The second-order valence-electron chi connectivity index (χ2n) is 3.58. The molecule has 0 aliphatic heterocycles. The van der Waals surface area contributed by atoms with Crippen molar-refractivity contribution in [3.63, 3.8) is 0 Å². The zero-order valence-corrected chi connectivity index (χ0v) is 8.88. The van der Waals surface area contributed by atoms with E-state index in [1.165, 1.54) is 6.07 Å². The highest BCUT2D eigenvalue weighted by atomic mass is 19.2. The van der Waals surface area contributed by atoms with E-state index < -0.39 is 28.8 Å². The van der Waals surface area contributed by atoms with Crippen LogP contribution in [-0.2, 0) is 0 Å². The first kappa shape index (κ1) is 12.3. The first-order chi connectivity index (χ1) is 8.54. The van der Waals surface area contributed by atoms with Crippen LogP contribution in [0.25, 0.3) is 11.1 Å². The third-order valence-corrected chi connectivity index (χ3v) is 2.45. The van der Waals surface area contributed by atoms with Crippen LogP contribution in [0.1, 0.15) is 10.4 Å². The minimum absolute atomic E-state index is 0.107. The Morgan fingerprint density at radius 3 is 2.11 bits per heavy atom. The Morgan fingerprint density at radius 2 is 1.44 bits per heavy atom. The fourth-order valence-corrected chi connectivity index (χ4v) is 1.56. The normalized spacial score (nSPS) is 10.4. The summed E-state index contributed by atoms with van der Waals surface area (Å²) in [4.78, 5) is 10.6. The maximum atomic E-state index is 13.5. The standard InChI is InChI=1S/C13H6F4O/c14-10-3-1-7(6-18)5-9(10)8-2-4-11(15)13(17)12(8)16/h1-6H. The molecule has 0 spiro atoms. The molecule has 0 heterocycles. The summed E-state index contributed by atoms with van der Waals surface area (Å²) in [7, 11) is 0. The number of hydrogen-bond donors (Lipinski definition) is 0. The molecule has 2 aromatic carbocycles. The molecule has 0 bridgehead atoms. The summed E-state index contributed by atoms with van der Waals surface area (Å²) in [5, 5.41) is 0. The smallest absolute Gasteiger partial charge is 0.195 e. The van der Waals surface area contributed by atoms with E-state index in [1.807, 2.05) is 0 Å². The highest BCUT2D eigenvalue weighted by Crippen LogP contribution is 2.28. The molecule has 0 fully saturated rings. The largest absolute Gasteiger partial charge is 0.298 e. The molecule has 92 valence electrons. The van der Waals surface area contributed by atoms with Crippen molar-refractivity contribution in [3.05, 3.63) is 59.2 Å². The molecule has 0 radical (unpaired) electrons. The quantitative estimate of drug-likeness (QED) is 0.453. The summed E-state index contributed by atoms with van der Waals surface area (Å²) < 4.78 is 52.8. The SMILES string of the molecule is O=Cc1ccc(F)c(-c2ccc(F)c(F)c2F)c1. The molecule has 0 amide bonds. The molecule has 0 aliphatic rings. The maximum Gasteiger partial charge on any atom is 0.195 e. The van der Waals surface area contributed by atoms with Gasteiger partial charge in [-0.3, -0.25) is 4.79 Å². The van der Waals surface area contributed by atoms with Crippen LogP contribution in [0.15, 0.2) is 30.3 Å². The van der Waals surface area contributed by atoms with Gasteiger partial charge in [0.2, 0.25) is 0 Å². The van der Waals surface area contributed by atoms with Crippen LogP contribution >= 0.6 is 0 Å². The van der Waals surface area contributed by atoms with Gasteiger partial charge in [-0.15, -0.1) is 0 Å². The lowest BCUT2D eigenvalue weighted by molar-refractivity contribution is 0.112. The van der Waals surface area contributed by atoms with E-state index in [2.05, 4.69) is 0 Å². The molecule has 0 saturated carbocycles. The zero-order valence-electron chi connectivity index (χ0n) is 8.88. The molecule has 0 N–H and O–H groups in total. The van der Waals surface area contributed by atoms with E-state index in [0.29, 0.717) is 12.4 Å². The van der Waals surface area contributed by atoms with Crippen LogP contribution in [0.3, 0.4) is 0 Å². The van der Waals surface area contributed by atoms with Gasteiger partial charge < -0.3 is 0 Å². The van der Waals surface area contributed by atoms with Crippen LogP contribution in [0, 0.1) is 23.3 Å². The predicted molar refractivity (Wildman–Crippen MR) is 57.1 cm³/mol. The number of carbonyl (C=O) groups is 1. The van der Waals surface area contributed by atoms with Gasteiger partial charge in [0, 0.05) is 16.7 Å². The molecule has 0 atom stereocenters. The van der Waals surface area contributed by atoms with E-state index in [0.717, 1.165) is 18.2 Å². The van der Waals surface area contributed by atoms with E-state index in [9.17, 15) is 22.4 Å². The van der Waals surface area contributed by atoms with Gasteiger partial charge in [-0.05, 0) is 30.3 Å². The number of hydrogen-bond acceptors (Lipinski definition) is 1. The lowest BCUT2D eigenvalue weighted by atomic mass is 10.0. The van der Waals surface area contributed by atoms with Crippen molar-refractivity contribution in [2.24, 2.45) is 0 Å². The Bertz CT molecular complexity index is 623. The van der Waals surface area contributed by atoms with Crippen molar-refractivity contribution in [1.82, 2.24) is 0 Å². The third-order valence-electron chi connectivity index (χ3n) is 2.45. The highest BCUT2D eigenvalue weighted by Gasteiger charge is 2.17. The van der Waals surface area contributed by atoms with E-state index in [4.69, 9.17) is 0 Å². The lowest BCUT2D eigenvalue weighted by Gasteiger charge is -2.07. The van der Waals surface area contributed by atoms with Gasteiger partial charge in [0.1, 0.15) is 12.1 Å². The van der Waals surface area contributed by atoms with E-state index in [1.54, 1.807) is 0 Å². The molecular formula is C13H6F4O. The zero-order chi connectivity index (χ0) is 13.3. The van der Waals surface area contributed by atoms with E-state index in [-0.39, 0.29) is 11.1 Å². The second-order valence-corrected chi connectivity index (χ2v) is 3.58. The Labute approximate surface area is 99.7 Å². The minimum atomic E-state index is -1.68. The van der Waals surface area contributed by atoms with Crippen LogP contribution in [-0.4, -0.2) is 6.29 Å². The Balaban J connectivity index is 2.69. The van der Waals surface area contributed by atoms with Crippen molar-refractivity contribution < 1.29 is 22.4 Å². The van der Waals surface area contributed by atoms with Crippen molar-refractivity contribution in [3.8, 4) is 11.1 Å². The van der Waals surface area contributed by atoms with Gasteiger partial charge in [0.25, 0.3) is 0 Å². The van der Waals surface area contributed by atoms with Gasteiger partial charge in [-0.25, -0.2) is 17.6 Å². The van der Waals surface area contributed by atoms with Crippen LogP contribution in [0.4, 0.5) is 17.6 Å². The van der Waals surface area contributed by atoms with Gasteiger partial charge in [0.15, 0.2) is 17.5 Å². The summed E-state index contributed by atoms with van der Waals surface area (Å²) in [6.07, 6.45) is 0.445. The highest BCUT2D eigenvalue weighted by molar-refractivity contribution is 5.79. The van der Waals surface area contributed by atoms with Crippen molar-refractivity contribution in [1.29, 1.82) is 0 Å².